The van der Waals surface area contributed by atoms with Crippen molar-refractivity contribution in [3.8, 4) is 0 Å². The lowest BCUT2D eigenvalue weighted by molar-refractivity contribution is -0.104. The molecule has 1 aliphatic rings. The van der Waals surface area contributed by atoms with Crippen molar-refractivity contribution >= 4 is 6.09 Å². The number of alkyl halides is 2. The summed E-state index contributed by atoms with van der Waals surface area (Å²) in [6, 6.07) is 3.06. The summed E-state index contributed by atoms with van der Waals surface area (Å²) in [5.74, 6) is -3.73. The number of nitrogens with one attached hydrogen (secondary N) is 1. The van der Waals surface area contributed by atoms with E-state index in [4.69, 9.17) is 0 Å². The molecule has 1 N–H and O–H groups in total. The van der Waals surface area contributed by atoms with Crippen LogP contribution in [0, 0.1) is 5.82 Å². The third-order valence-corrected chi connectivity index (χ3v) is 2.28. The number of hydrogen-bond donors (Lipinski definition) is 1. The highest BCUT2D eigenvalue weighted by molar-refractivity contribution is 5.69. The molecule has 6 heteroatoms. The molecule has 86 valence electrons. The fourth-order valence-corrected chi connectivity index (χ4v) is 1.49. The van der Waals surface area contributed by atoms with E-state index >= 15 is 0 Å². The van der Waals surface area contributed by atoms with Crippen LogP contribution in [0.25, 0.3) is 0 Å². The maximum absolute atomic E-state index is 13.4. The topological polar surface area (TPSA) is 38.3 Å². The quantitative estimate of drug-likeness (QED) is 0.804. The monoisotopic (exact) mass is 231 g/mol. The van der Waals surface area contributed by atoms with Gasteiger partial charge in [0.25, 0.3) is 0 Å². The van der Waals surface area contributed by atoms with Crippen molar-refractivity contribution in [1.82, 2.24) is 5.32 Å². The summed E-state index contributed by atoms with van der Waals surface area (Å²) in [5, 5.41) is 2.01. The standard InChI is InChI=1S/C10H8F3NO2/c11-7-3-1-6(2-4-7)8-10(12,13)5-16-9(15)14-8/h1-4,8H,5H2,(H,14,15)/t8-/m1/s1. The van der Waals surface area contributed by atoms with Gasteiger partial charge < -0.3 is 10.1 Å². The average Bonchev–Trinajstić information content (AvgIpc) is 2.23. The summed E-state index contributed by atoms with van der Waals surface area (Å²) < 4.78 is 43.6. The Balaban J connectivity index is 2.30. The molecule has 0 aromatic heterocycles. The number of amides is 1. The molecule has 0 unspecified atom stereocenters. The molecule has 0 bridgehead atoms. The van der Waals surface area contributed by atoms with Gasteiger partial charge in [0.2, 0.25) is 0 Å². The van der Waals surface area contributed by atoms with Gasteiger partial charge in [0.15, 0.2) is 6.61 Å². The van der Waals surface area contributed by atoms with Gasteiger partial charge in [-0.25, -0.2) is 18.0 Å². The highest BCUT2D eigenvalue weighted by Crippen LogP contribution is 2.34. The predicted molar refractivity (Wildman–Crippen MR) is 48.6 cm³/mol. The number of carbonyl (C=O) groups is 1. The first-order chi connectivity index (χ1) is 7.49. The molecule has 1 aromatic rings. The van der Waals surface area contributed by atoms with E-state index in [2.05, 4.69) is 4.74 Å². The minimum atomic E-state index is -3.20. The van der Waals surface area contributed by atoms with Crippen LogP contribution >= 0.6 is 0 Å². The maximum atomic E-state index is 13.4. The Kier molecular flexibility index (Phi) is 2.49. The van der Waals surface area contributed by atoms with Crippen LogP contribution < -0.4 is 5.32 Å². The van der Waals surface area contributed by atoms with Crippen molar-refractivity contribution in [2.45, 2.75) is 12.0 Å². The molecule has 1 fully saturated rings. The normalized spacial score (nSPS) is 23.4. The van der Waals surface area contributed by atoms with Crippen LogP contribution in [0.15, 0.2) is 24.3 Å². The second kappa shape index (κ2) is 3.70. The number of rotatable bonds is 1. The number of benzene rings is 1. The molecule has 1 heterocycles. The summed E-state index contributed by atoms with van der Waals surface area (Å²) in [5.41, 5.74) is 0.142. The highest BCUT2D eigenvalue weighted by Gasteiger charge is 2.46. The summed E-state index contributed by atoms with van der Waals surface area (Å²) in [6.07, 6.45) is -0.903. The smallest absolute Gasteiger partial charge is 0.408 e. The molecule has 1 amide bonds. The number of alkyl carbamates (subject to hydrolysis) is 1. The lowest BCUT2D eigenvalue weighted by atomic mass is 10.0. The van der Waals surface area contributed by atoms with Gasteiger partial charge in [-0.2, -0.15) is 0 Å². The summed E-state index contributed by atoms with van der Waals surface area (Å²) in [4.78, 5) is 10.9. The van der Waals surface area contributed by atoms with E-state index in [-0.39, 0.29) is 5.56 Å². The average molecular weight is 231 g/mol. The lowest BCUT2D eigenvalue weighted by Gasteiger charge is -2.31. The Morgan fingerprint density at radius 2 is 1.94 bits per heavy atom. The molecule has 0 spiro atoms. The Hall–Kier alpha value is -1.72. The predicted octanol–water partition coefficient (Wildman–Crippen LogP) is 2.24. The van der Waals surface area contributed by atoms with Crippen LogP contribution in [-0.4, -0.2) is 18.6 Å². The van der Waals surface area contributed by atoms with Crippen LogP contribution in [0.5, 0.6) is 0 Å². The van der Waals surface area contributed by atoms with Crippen molar-refractivity contribution in [1.29, 1.82) is 0 Å². The van der Waals surface area contributed by atoms with Gasteiger partial charge in [0, 0.05) is 0 Å². The molecule has 1 aliphatic heterocycles. The molecular weight excluding hydrogens is 223 g/mol. The van der Waals surface area contributed by atoms with Crippen molar-refractivity contribution in [3.05, 3.63) is 35.6 Å². The van der Waals surface area contributed by atoms with Gasteiger partial charge >= 0.3 is 12.0 Å². The number of carbonyl (C=O) groups excluding carboxylic acids is 1. The molecule has 0 saturated carbocycles. The summed E-state index contributed by atoms with van der Waals surface area (Å²) in [7, 11) is 0. The fraction of sp³-hybridized carbons (Fsp3) is 0.300. The van der Waals surface area contributed by atoms with Crippen LogP contribution in [0.4, 0.5) is 18.0 Å². The number of hydrogen-bond acceptors (Lipinski definition) is 2. The van der Waals surface area contributed by atoms with Crippen molar-refractivity contribution in [2.24, 2.45) is 0 Å². The van der Waals surface area contributed by atoms with E-state index in [0.717, 1.165) is 12.1 Å². The van der Waals surface area contributed by atoms with Crippen LogP contribution in [0.1, 0.15) is 11.6 Å². The molecule has 16 heavy (non-hydrogen) atoms. The van der Waals surface area contributed by atoms with E-state index in [9.17, 15) is 18.0 Å². The largest absolute Gasteiger partial charge is 0.443 e. The lowest BCUT2D eigenvalue weighted by Crippen LogP contribution is -2.49. The van der Waals surface area contributed by atoms with Crippen LogP contribution in [0.3, 0.4) is 0 Å². The van der Waals surface area contributed by atoms with Gasteiger partial charge in [0.1, 0.15) is 11.9 Å². The van der Waals surface area contributed by atoms with Gasteiger partial charge in [-0.15, -0.1) is 0 Å². The highest BCUT2D eigenvalue weighted by atomic mass is 19.3. The first kappa shape index (κ1) is 10.8. The van der Waals surface area contributed by atoms with Crippen molar-refractivity contribution in [3.63, 3.8) is 0 Å². The first-order valence-corrected chi connectivity index (χ1v) is 4.55. The molecule has 2 rings (SSSR count). The van der Waals surface area contributed by atoms with E-state index in [1.54, 1.807) is 0 Å². The third kappa shape index (κ3) is 1.95. The second-order valence-corrected chi connectivity index (χ2v) is 3.47. The maximum Gasteiger partial charge on any atom is 0.408 e. The Morgan fingerprint density at radius 1 is 1.31 bits per heavy atom. The molecule has 1 atom stereocenters. The number of ether oxygens (including phenoxy) is 1. The van der Waals surface area contributed by atoms with Crippen LogP contribution in [0.2, 0.25) is 0 Å². The zero-order valence-electron chi connectivity index (χ0n) is 8.04. The molecule has 1 aromatic carbocycles. The van der Waals surface area contributed by atoms with Gasteiger partial charge in [0.05, 0.1) is 0 Å². The molecule has 3 nitrogen and oxygen atoms in total. The summed E-state index contributed by atoms with van der Waals surface area (Å²) >= 11 is 0. The molecule has 0 aliphatic carbocycles. The van der Waals surface area contributed by atoms with Gasteiger partial charge in [-0.1, -0.05) is 12.1 Å². The fourth-order valence-electron chi connectivity index (χ4n) is 1.49. The zero-order valence-corrected chi connectivity index (χ0v) is 8.04. The van der Waals surface area contributed by atoms with E-state index < -0.39 is 30.5 Å². The van der Waals surface area contributed by atoms with Gasteiger partial charge in [-0.3, -0.25) is 0 Å². The van der Waals surface area contributed by atoms with Crippen LogP contribution in [-0.2, 0) is 4.74 Å². The minimum absolute atomic E-state index is 0.142. The van der Waals surface area contributed by atoms with E-state index in [0.29, 0.717) is 0 Å². The third-order valence-electron chi connectivity index (χ3n) is 2.28. The van der Waals surface area contributed by atoms with Crippen molar-refractivity contribution in [2.75, 3.05) is 6.61 Å². The Morgan fingerprint density at radius 3 is 2.56 bits per heavy atom. The van der Waals surface area contributed by atoms with Crippen molar-refractivity contribution < 1.29 is 22.7 Å². The molecule has 1 saturated heterocycles. The zero-order chi connectivity index (χ0) is 11.8. The Labute approximate surface area is 89.2 Å². The molecule has 0 radical (unpaired) electrons. The molecular formula is C10H8F3NO2. The number of halogens is 3. The number of cyclic esters (lactones) is 1. The summed E-state index contributed by atoms with van der Waals surface area (Å²) in [6.45, 7) is -0.971. The van der Waals surface area contributed by atoms with E-state index in [1.165, 1.54) is 12.1 Å². The van der Waals surface area contributed by atoms with Gasteiger partial charge in [-0.05, 0) is 17.7 Å². The SMILES string of the molecule is O=C1N[C@H](c2ccc(F)cc2)C(F)(F)CO1. The van der Waals surface area contributed by atoms with E-state index in [1.807, 2.05) is 5.32 Å². The minimum Gasteiger partial charge on any atom is -0.443 e. The first-order valence-electron chi connectivity index (χ1n) is 4.55. The Bertz CT molecular complexity index is 405. The second-order valence-electron chi connectivity index (χ2n) is 3.47.